The van der Waals surface area contributed by atoms with Crippen LogP contribution in [0.15, 0.2) is 4.99 Å². The van der Waals surface area contributed by atoms with Crippen LogP contribution in [0, 0.1) is 5.92 Å². The van der Waals surface area contributed by atoms with Crippen molar-refractivity contribution in [3.63, 3.8) is 0 Å². The highest BCUT2D eigenvalue weighted by atomic mass is 32.1. The zero-order chi connectivity index (χ0) is 18.7. The molecule has 7 nitrogen and oxygen atoms in total. The minimum absolute atomic E-state index is 0.0142. The number of carbonyl (C=O) groups excluding carboxylic acids is 3. The van der Waals surface area contributed by atoms with E-state index in [1.54, 1.807) is 6.92 Å². The second-order valence-corrected chi connectivity index (χ2v) is 7.52. The third kappa shape index (κ3) is 3.83. The van der Waals surface area contributed by atoms with Gasteiger partial charge in [-0.1, -0.05) is 6.42 Å². The fourth-order valence-corrected chi connectivity index (χ4v) is 4.47. The Morgan fingerprint density at radius 2 is 1.96 bits per heavy atom. The minimum Gasteiger partial charge on any atom is -0.462 e. The summed E-state index contributed by atoms with van der Waals surface area (Å²) < 4.78 is 5.20. The van der Waals surface area contributed by atoms with Gasteiger partial charge in [0.1, 0.15) is 5.00 Å². The molecule has 0 spiro atoms. The predicted molar refractivity (Wildman–Crippen MR) is 102 cm³/mol. The van der Waals surface area contributed by atoms with Gasteiger partial charge in [0.2, 0.25) is 11.8 Å². The van der Waals surface area contributed by atoms with Gasteiger partial charge in [-0.25, -0.2) is 9.79 Å². The van der Waals surface area contributed by atoms with Crippen molar-refractivity contribution in [2.45, 2.75) is 39.0 Å². The molecule has 1 saturated heterocycles. The molecular weight excluding hydrogens is 374 g/mol. The first-order valence-electron chi connectivity index (χ1n) is 8.52. The minimum atomic E-state index is -1.08. The van der Waals surface area contributed by atoms with Crippen LogP contribution in [0.2, 0.25) is 0 Å². The van der Waals surface area contributed by atoms with E-state index >= 15 is 0 Å². The number of amides is 2. The Hall–Kier alpha value is -2.13. The lowest BCUT2D eigenvalue weighted by atomic mass is 10.1. The summed E-state index contributed by atoms with van der Waals surface area (Å²) >= 11 is 6.21. The number of ether oxygens (including phenoxy) is 1. The number of aliphatic imine (C=N–C) groups is 1. The average Bonchev–Trinajstić information content (AvgIpc) is 2.75. The van der Waals surface area contributed by atoms with Crippen molar-refractivity contribution in [2.24, 2.45) is 10.9 Å². The lowest BCUT2D eigenvalue weighted by Crippen LogP contribution is -2.56. The van der Waals surface area contributed by atoms with Crippen molar-refractivity contribution in [1.29, 1.82) is 0 Å². The molecule has 2 amide bonds. The van der Waals surface area contributed by atoms with E-state index in [1.165, 1.54) is 17.6 Å². The van der Waals surface area contributed by atoms with Crippen LogP contribution in [-0.4, -0.2) is 35.7 Å². The number of thiophene rings is 1. The number of nitrogens with one attached hydrogen (secondary N) is 2. The van der Waals surface area contributed by atoms with Crippen molar-refractivity contribution in [3.8, 4) is 0 Å². The quantitative estimate of drug-likeness (QED) is 0.268. The molecule has 1 fully saturated rings. The van der Waals surface area contributed by atoms with Crippen LogP contribution >= 0.6 is 23.6 Å². The van der Waals surface area contributed by atoms with Gasteiger partial charge in [0.15, 0.2) is 11.0 Å². The van der Waals surface area contributed by atoms with Gasteiger partial charge in [-0.2, -0.15) is 0 Å². The number of fused-ring (bicyclic) bond motifs is 1. The smallest absolute Gasteiger partial charge is 0.341 e. The van der Waals surface area contributed by atoms with Crippen LogP contribution in [-0.2, 0) is 27.2 Å². The Balaban J connectivity index is 1.94. The molecule has 0 unspecified atom stereocenters. The van der Waals surface area contributed by atoms with Crippen molar-refractivity contribution < 1.29 is 19.1 Å². The first kappa shape index (κ1) is 18.7. The molecule has 3 rings (SSSR count). The van der Waals surface area contributed by atoms with Crippen molar-refractivity contribution in [1.82, 2.24) is 10.6 Å². The number of aryl methyl sites for hydroxylation is 1. The standard InChI is InChI=1S/C17H19N3O4S2/c1-2-24-16(23)12-9-6-4-3-5-7-11(9)26-15(12)18-8-10-13(21)19-17(25)20-14(10)22/h8,10H,2-7H2,1H3,(H2,19,20,21,22,25)/b18-8+. The molecular formula is C17H19N3O4S2. The Kier molecular flexibility index (Phi) is 5.77. The maximum Gasteiger partial charge on any atom is 0.341 e. The van der Waals surface area contributed by atoms with Gasteiger partial charge in [-0.05, 0) is 50.4 Å². The Labute approximate surface area is 160 Å². The highest BCUT2D eigenvalue weighted by Gasteiger charge is 2.32. The van der Waals surface area contributed by atoms with Crippen LogP contribution in [0.3, 0.4) is 0 Å². The third-order valence-electron chi connectivity index (χ3n) is 4.26. The van der Waals surface area contributed by atoms with Gasteiger partial charge in [0.05, 0.1) is 12.2 Å². The van der Waals surface area contributed by atoms with Gasteiger partial charge in [0.25, 0.3) is 0 Å². The van der Waals surface area contributed by atoms with Gasteiger partial charge in [-0.15, -0.1) is 11.3 Å². The Morgan fingerprint density at radius 3 is 2.65 bits per heavy atom. The zero-order valence-corrected chi connectivity index (χ0v) is 15.9. The van der Waals surface area contributed by atoms with Gasteiger partial charge in [-0.3, -0.25) is 9.59 Å². The van der Waals surface area contributed by atoms with Crippen molar-refractivity contribution >= 4 is 57.7 Å². The largest absolute Gasteiger partial charge is 0.462 e. The molecule has 1 aromatic rings. The van der Waals surface area contributed by atoms with E-state index in [2.05, 4.69) is 15.6 Å². The number of rotatable bonds is 4. The van der Waals surface area contributed by atoms with Crippen LogP contribution < -0.4 is 10.6 Å². The summed E-state index contributed by atoms with van der Waals surface area (Å²) in [6.45, 7) is 2.03. The summed E-state index contributed by atoms with van der Waals surface area (Å²) in [7, 11) is 0. The summed E-state index contributed by atoms with van der Waals surface area (Å²) in [6, 6.07) is 0. The molecule has 2 aliphatic rings. The van der Waals surface area contributed by atoms with Crippen LogP contribution in [0.25, 0.3) is 0 Å². The van der Waals surface area contributed by atoms with E-state index in [1.807, 2.05) is 0 Å². The number of thiocarbonyl (C=S) groups is 1. The predicted octanol–water partition coefficient (Wildman–Crippen LogP) is 2.04. The lowest BCUT2D eigenvalue weighted by Gasteiger charge is -2.19. The molecule has 0 aromatic carbocycles. The monoisotopic (exact) mass is 393 g/mol. The second-order valence-electron chi connectivity index (χ2n) is 6.03. The summed E-state index contributed by atoms with van der Waals surface area (Å²) in [4.78, 5) is 41.8. The second kappa shape index (κ2) is 8.05. The number of nitrogens with zero attached hydrogens (tertiary/aromatic N) is 1. The van der Waals surface area contributed by atoms with Gasteiger partial charge < -0.3 is 15.4 Å². The topological polar surface area (TPSA) is 96.9 Å². The lowest BCUT2D eigenvalue weighted by molar-refractivity contribution is -0.131. The van der Waals surface area contributed by atoms with Crippen LogP contribution in [0.5, 0.6) is 0 Å². The average molecular weight is 393 g/mol. The summed E-state index contributed by atoms with van der Waals surface area (Å²) in [5.74, 6) is -2.55. The van der Waals surface area contributed by atoms with Crippen molar-refractivity contribution in [3.05, 3.63) is 16.0 Å². The Bertz CT molecular complexity index is 780. The zero-order valence-electron chi connectivity index (χ0n) is 14.3. The summed E-state index contributed by atoms with van der Waals surface area (Å²) in [5.41, 5.74) is 1.47. The van der Waals surface area contributed by atoms with E-state index in [-0.39, 0.29) is 11.7 Å². The molecule has 0 atom stereocenters. The molecule has 9 heteroatoms. The number of hydrogen-bond acceptors (Lipinski definition) is 7. The van der Waals surface area contributed by atoms with E-state index in [0.717, 1.165) is 42.5 Å². The molecule has 2 N–H and O–H groups in total. The molecule has 0 saturated carbocycles. The molecule has 138 valence electrons. The number of esters is 1. The summed E-state index contributed by atoms with van der Waals surface area (Å²) in [6.07, 6.45) is 6.20. The SMILES string of the molecule is CCOC(=O)c1c(/N=C/C2C(=O)NC(=S)NC2=O)sc2c1CCCCC2. The molecule has 1 aromatic heterocycles. The highest BCUT2D eigenvalue weighted by molar-refractivity contribution is 7.80. The highest BCUT2D eigenvalue weighted by Crippen LogP contribution is 2.39. The first-order chi connectivity index (χ1) is 12.5. The number of hydrogen-bond donors (Lipinski definition) is 2. The molecule has 0 bridgehead atoms. The molecule has 2 heterocycles. The van der Waals surface area contributed by atoms with Crippen LogP contribution in [0.1, 0.15) is 47.0 Å². The fourth-order valence-electron chi connectivity index (χ4n) is 3.04. The molecule has 1 aliphatic heterocycles. The maximum atomic E-state index is 12.5. The maximum absolute atomic E-state index is 12.5. The molecule has 0 radical (unpaired) electrons. The third-order valence-corrected chi connectivity index (χ3v) is 5.67. The van der Waals surface area contributed by atoms with Crippen LogP contribution in [0.4, 0.5) is 5.00 Å². The Morgan fingerprint density at radius 1 is 1.27 bits per heavy atom. The summed E-state index contributed by atoms with van der Waals surface area (Å²) in [5, 5.41) is 5.26. The van der Waals surface area contributed by atoms with E-state index in [4.69, 9.17) is 17.0 Å². The fraction of sp³-hybridized carbons (Fsp3) is 0.471. The van der Waals surface area contributed by atoms with Gasteiger partial charge >= 0.3 is 5.97 Å². The number of carbonyl (C=O) groups is 3. The molecule has 1 aliphatic carbocycles. The normalized spacial score (nSPS) is 18.3. The first-order valence-corrected chi connectivity index (χ1v) is 9.75. The van der Waals surface area contributed by atoms with Crippen molar-refractivity contribution in [2.75, 3.05) is 6.61 Å². The van der Waals surface area contributed by atoms with E-state index < -0.39 is 23.7 Å². The van der Waals surface area contributed by atoms with E-state index in [0.29, 0.717) is 10.6 Å². The molecule has 26 heavy (non-hydrogen) atoms. The van der Waals surface area contributed by atoms with E-state index in [9.17, 15) is 14.4 Å². The van der Waals surface area contributed by atoms with Gasteiger partial charge in [0, 0.05) is 11.1 Å².